The van der Waals surface area contributed by atoms with Crippen LogP contribution in [-0.4, -0.2) is 52.2 Å². The molecule has 0 amide bonds. The summed E-state index contributed by atoms with van der Waals surface area (Å²) >= 11 is 0. The average molecular weight is 264 g/mol. The van der Waals surface area contributed by atoms with Gasteiger partial charge in [0.05, 0.1) is 36.8 Å². The van der Waals surface area contributed by atoms with Gasteiger partial charge in [-0.3, -0.25) is 0 Å². The predicted molar refractivity (Wildman–Crippen MR) is 70.1 cm³/mol. The van der Waals surface area contributed by atoms with Crippen molar-refractivity contribution in [2.75, 3.05) is 19.8 Å². The van der Waals surface area contributed by atoms with E-state index in [-0.39, 0.29) is 37.1 Å². The SMILES string of the molecule is N=C(COCCO)c1[nH]c(O)c2c1C(=N)CCC2=N. The van der Waals surface area contributed by atoms with Crippen LogP contribution in [0.5, 0.6) is 5.88 Å². The molecule has 0 bridgehead atoms. The molecule has 1 aliphatic carbocycles. The highest BCUT2D eigenvalue weighted by Crippen LogP contribution is 2.31. The minimum absolute atomic E-state index is 0.0203. The Morgan fingerprint density at radius 2 is 1.84 bits per heavy atom. The highest BCUT2D eigenvalue weighted by atomic mass is 16.5. The number of aliphatic hydroxyl groups is 1. The Balaban J connectivity index is 2.32. The maximum absolute atomic E-state index is 9.82. The molecule has 1 aliphatic rings. The molecule has 6 N–H and O–H groups in total. The van der Waals surface area contributed by atoms with Crippen LogP contribution in [0.25, 0.3) is 0 Å². The van der Waals surface area contributed by atoms with Crippen molar-refractivity contribution < 1.29 is 14.9 Å². The molecule has 0 atom stereocenters. The van der Waals surface area contributed by atoms with Crippen LogP contribution in [0, 0.1) is 16.2 Å². The molecule has 0 aliphatic heterocycles. The molecule has 0 saturated carbocycles. The van der Waals surface area contributed by atoms with Gasteiger partial charge in [-0.1, -0.05) is 0 Å². The number of nitrogens with one attached hydrogen (secondary N) is 4. The van der Waals surface area contributed by atoms with Crippen LogP contribution in [0.2, 0.25) is 0 Å². The van der Waals surface area contributed by atoms with Crippen molar-refractivity contribution in [1.82, 2.24) is 4.98 Å². The average Bonchev–Trinajstić information content (AvgIpc) is 2.73. The summed E-state index contributed by atoms with van der Waals surface area (Å²) < 4.78 is 5.06. The first-order chi connectivity index (χ1) is 9.06. The van der Waals surface area contributed by atoms with E-state index in [1.54, 1.807) is 0 Å². The van der Waals surface area contributed by atoms with E-state index >= 15 is 0 Å². The molecule has 1 heterocycles. The number of hydrogen-bond donors (Lipinski definition) is 6. The molecule has 0 unspecified atom stereocenters. The summed E-state index contributed by atoms with van der Waals surface area (Å²) in [5.74, 6) is -0.175. The van der Waals surface area contributed by atoms with Crippen molar-refractivity contribution in [3.63, 3.8) is 0 Å². The van der Waals surface area contributed by atoms with Crippen molar-refractivity contribution in [1.29, 1.82) is 16.2 Å². The second-order valence-electron chi connectivity index (χ2n) is 4.31. The first-order valence-electron chi connectivity index (χ1n) is 5.93. The Hall–Kier alpha value is -1.99. The summed E-state index contributed by atoms with van der Waals surface area (Å²) in [5, 5.41) is 42.1. The van der Waals surface area contributed by atoms with Crippen LogP contribution >= 0.6 is 0 Å². The summed E-state index contributed by atoms with van der Waals surface area (Å²) in [5.41, 5.74) is 1.73. The number of aliphatic hydroxyl groups excluding tert-OH is 1. The van der Waals surface area contributed by atoms with E-state index in [0.29, 0.717) is 35.4 Å². The fraction of sp³-hybridized carbons (Fsp3) is 0.417. The Kier molecular flexibility index (Phi) is 3.77. The van der Waals surface area contributed by atoms with Gasteiger partial charge in [0.2, 0.25) is 0 Å². The lowest BCUT2D eigenvalue weighted by Crippen LogP contribution is -2.20. The zero-order valence-electron chi connectivity index (χ0n) is 10.3. The Morgan fingerprint density at radius 1 is 1.21 bits per heavy atom. The molecule has 0 spiro atoms. The van der Waals surface area contributed by atoms with Gasteiger partial charge in [-0.25, -0.2) is 0 Å². The number of aromatic amines is 1. The number of aromatic nitrogens is 1. The summed E-state index contributed by atoms with van der Waals surface area (Å²) in [6, 6.07) is 0. The van der Waals surface area contributed by atoms with E-state index in [0.717, 1.165) is 0 Å². The molecule has 7 heteroatoms. The third-order valence-electron chi connectivity index (χ3n) is 2.99. The largest absolute Gasteiger partial charge is 0.494 e. The van der Waals surface area contributed by atoms with E-state index in [2.05, 4.69) is 4.98 Å². The van der Waals surface area contributed by atoms with E-state index in [9.17, 15) is 5.11 Å². The van der Waals surface area contributed by atoms with Crippen LogP contribution in [0.4, 0.5) is 0 Å². The molecule has 0 saturated heterocycles. The fourth-order valence-electron chi connectivity index (χ4n) is 2.12. The van der Waals surface area contributed by atoms with Gasteiger partial charge in [0.25, 0.3) is 0 Å². The fourth-order valence-corrected chi connectivity index (χ4v) is 2.12. The lowest BCUT2D eigenvalue weighted by Gasteiger charge is -2.15. The van der Waals surface area contributed by atoms with Crippen LogP contribution < -0.4 is 0 Å². The highest BCUT2D eigenvalue weighted by molar-refractivity contribution is 6.21. The Bertz CT molecular complexity index is 547. The van der Waals surface area contributed by atoms with Crippen molar-refractivity contribution >= 4 is 17.1 Å². The molecule has 0 aromatic carbocycles. The van der Waals surface area contributed by atoms with Crippen LogP contribution in [0.3, 0.4) is 0 Å². The van der Waals surface area contributed by atoms with E-state index in [1.807, 2.05) is 0 Å². The van der Waals surface area contributed by atoms with Crippen LogP contribution in [-0.2, 0) is 4.74 Å². The maximum atomic E-state index is 9.82. The second kappa shape index (κ2) is 5.33. The summed E-state index contributed by atoms with van der Waals surface area (Å²) in [6.45, 7) is -0.0140. The summed E-state index contributed by atoms with van der Waals surface area (Å²) in [7, 11) is 0. The van der Waals surface area contributed by atoms with Gasteiger partial charge in [0, 0.05) is 17.0 Å². The molecular weight excluding hydrogens is 248 g/mol. The lowest BCUT2D eigenvalue weighted by atomic mass is 9.89. The predicted octanol–water partition coefficient (Wildman–Crippen LogP) is 0.627. The van der Waals surface area contributed by atoms with Crippen molar-refractivity contribution in [3.8, 4) is 5.88 Å². The maximum Gasteiger partial charge on any atom is 0.198 e. The monoisotopic (exact) mass is 264 g/mol. The minimum Gasteiger partial charge on any atom is -0.494 e. The first-order valence-corrected chi connectivity index (χ1v) is 5.93. The summed E-state index contributed by atoms with van der Waals surface area (Å²) in [4.78, 5) is 2.65. The minimum atomic E-state index is -0.175. The van der Waals surface area contributed by atoms with Gasteiger partial charge < -0.3 is 36.2 Å². The van der Waals surface area contributed by atoms with Gasteiger partial charge >= 0.3 is 0 Å². The van der Waals surface area contributed by atoms with Gasteiger partial charge in [-0.15, -0.1) is 0 Å². The van der Waals surface area contributed by atoms with Crippen molar-refractivity contribution in [2.24, 2.45) is 0 Å². The van der Waals surface area contributed by atoms with E-state index < -0.39 is 0 Å². The quantitative estimate of drug-likeness (QED) is 0.343. The molecule has 2 rings (SSSR count). The molecule has 0 radical (unpaired) electrons. The van der Waals surface area contributed by atoms with Gasteiger partial charge in [0.15, 0.2) is 5.88 Å². The standard InChI is InChI=1S/C12H16N4O3/c13-6-1-2-7(14)10-9(6)11(16-12(10)18)8(15)5-19-4-3-17/h13-18H,1-5H2. The number of ether oxygens (including phenoxy) is 1. The molecule has 0 fully saturated rings. The van der Waals surface area contributed by atoms with Crippen molar-refractivity contribution in [3.05, 3.63) is 16.8 Å². The Labute approximate surface area is 109 Å². The van der Waals surface area contributed by atoms with Crippen molar-refractivity contribution in [2.45, 2.75) is 12.8 Å². The third kappa shape index (κ3) is 2.42. The molecule has 1 aromatic rings. The number of rotatable bonds is 5. The smallest absolute Gasteiger partial charge is 0.198 e. The topological polar surface area (TPSA) is 137 Å². The number of aromatic hydroxyl groups is 1. The van der Waals surface area contributed by atoms with Gasteiger partial charge in [-0.05, 0) is 12.8 Å². The normalized spacial score (nSPS) is 14.6. The number of fused-ring (bicyclic) bond motifs is 1. The molecular formula is C12H16N4O3. The Morgan fingerprint density at radius 3 is 2.47 bits per heavy atom. The highest BCUT2D eigenvalue weighted by Gasteiger charge is 2.29. The number of H-pyrrole nitrogens is 1. The van der Waals surface area contributed by atoms with Gasteiger partial charge in [-0.2, -0.15) is 0 Å². The van der Waals surface area contributed by atoms with Crippen LogP contribution in [0.15, 0.2) is 0 Å². The summed E-state index contributed by atoms with van der Waals surface area (Å²) in [6.07, 6.45) is 0.853. The molecule has 19 heavy (non-hydrogen) atoms. The zero-order chi connectivity index (χ0) is 14.0. The number of hydrogen-bond acceptors (Lipinski definition) is 6. The molecule has 7 nitrogen and oxygen atoms in total. The first kappa shape index (κ1) is 13.4. The van der Waals surface area contributed by atoms with Gasteiger partial charge in [0.1, 0.15) is 0 Å². The van der Waals surface area contributed by atoms with E-state index in [4.69, 9.17) is 26.1 Å². The zero-order valence-corrected chi connectivity index (χ0v) is 10.3. The molecule has 1 aromatic heterocycles. The molecule has 102 valence electrons. The second-order valence-corrected chi connectivity index (χ2v) is 4.31. The lowest BCUT2D eigenvalue weighted by molar-refractivity contribution is 0.118. The third-order valence-corrected chi connectivity index (χ3v) is 2.99. The van der Waals surface area contributed by atoms with E-state index in [1.165, 1.54) is 0 Å². The van der Waals surface area contributed by atoms with Crippen LogP contribution in [0.1, 0.15) is 29.7 Å².